The molecule has 0 aromatic carbocycles. The van der Waals surface area contributed by atoms with Crippen molar-refractivity contribution in [2.75, 3.05) is 43.4 Å². The van der Waals surface area contributed by atoms with Gasteiger partial charge in [0.15, 0.2) is 5.82 Å². The largest absolute Gasteiger partial charge is 0.354 e. The number of rotatable bonds is 7. The second kappa shape index (κ2) is 7.89. The molecule has 0 saturated heterocycles. The van der Waals surface area contributed by atoms with Gasteiger partial charge in [0, 0.05) is 26.7 Å². The second-order valence-corrected chi connectivity index (χ2v) is 4.72. The molecule has 0 atom stereocenters. The molecule has 1 amide bonds. The zero-order valence-corrected chi connectivity index (χ0v) is 13.2. The van der Waals surface area contributed by atoms with Crippen LogP contribution in [0, 0.1) is 0 Å². The lowest BCUT2D eigenvalue weighted by Gasteiger charge is -2.24. The molecular weight excluding hydrogens is 278 g/mol. The van der Waals surface area contributed by atoms with Crippen molar-refractivity contribution < 1.29 is 4.79 Å². The number of aromatic nitrogens is 2. The van der Waals surface area contributed by atoms with Crippen molar-refractivity contribution in [2.45, 2.75) is 20.8 Å². The normalized spacial score (nSPS) is 10.2. The summed E-state index contributed by atoms with van der Waals surface area (Å²) in [6.45, 7) is 8.25. The summed E-state index contributed by atoms with van der Waals surface area (Å²) in [4.78, 5) is 24.0. The maximum Gasteiger partial charge on any atom is 0.242 e. The Morgan fingerprint density at radius 1 is 1.35 bits per heavy atom. The van der Waals surface area contributed by atoms with Gasteiger partial charge in [-0.05, 0) is 20.8 Å². The van der Waals surface area contributed by atoms with Gasteiger partial charge in [-0.25, -0.2) is 4.98 Å². The Labute approximate surface area is 125 Å². The Kier molecular flexibility index (Phi) is 6.51. The Hall–Kier alpha value is -1.56. The minimum atomic E-state index is 0.0529. The van der Waals surface area contributed by atoms with Crippen molar-refractivity contribution >= 4 is 29.3 Å². The van der Waals surface area contributed by atoms with E-state index in [0.717, 1.165) is 6.54 Å². The van der Waals surface area contributed by atoms with Gasteiger partial charge in [0.25, 0.3) is 0 Å². The molecule has 0 radical (unpaired) electrons. The highest BCUT2D eigenvalue weighted by Gasteiger charge is 2.16. The lowest BCUT2D eigenvalue weighted by molar-refractivity contribution is -0.129. The first-order chi connectivity index (χ1) is 9.53. The Morgan fingerprint density at radius 3 is 2.55 bits per heavy atom. The number of anilines is 2. The summed E-state index contributed by atoms with van der Waals surface area (Å²) in [6, 6.07) is 0. The summed E-state index contributed by atoms with van der Waals surface area (Å²) < 4.78 is 0. The second-order valence-electron chi connectivity index (χ2n) is 4.32. The minimum absolute atomic E-state index is 0.0529. The molecule has 0 aliphatic heterocycles. The molecule has 1 heterocycles. The number of likely N-dealkylation sites (N-methyl/N-ethyl adjacent to an activating group) is 2. The van der Waals surface area contributed by atoms with E-state index in [1.54, 1.807) is 23.0 Å². The number of hydrogen-bond acceptors (Lipinski definition) is 5. The highest BCUT2D eigenvalue weighted by atomic mass is 35.5. The maximum atomic E-state index is 12.1. The monoisotopic (exact) mass is 299 g/mol. The van der Waals surface area contributed by atoms with Crippen LogP contribution in [0.4, 0.5) is 11.8 Å². The van der Waals surface area contributed by atoms with Gasteiger partial charge in [0.05, 0.1) is 12.7 Å². The molecule has 20 heavy (non-hydrogen) atoms. The number of carbonyl (C=O) groups is 1. The standard InChI is InChI=1S/C13H22ClN5O/c1-5-15-13-16-8-10(14)12(17-13)18(4)9-11(20)19(6-2)7-3/h8H,5-7,9H2,1-4H3,(H,15,16,17). The molecule has 0 spiro atoms. The average Bonchev–Trinajstić information content (AvgIpc) is 2.42. The minimum Gasteiger partial charge on any atom is -0.354 e. The van der Waals surface area contributed by atoms with Crippen LogP contribution in [0.25, 0.3) is 0 Å². The summed E-state index contributed by atoms with van der Waals surface area (Å²) in [5.74, 6) is 1.12. The van der Waals surface area contributed by atoms with E-state index >= 15 is 0 Å². The van der Waals surface area contributed by atoms with E-state index in [-0.39, 0.29) is 12.5 Å². The zero-order valence-electron chi connectivity index (χ0n) is 12.5. The zero-order chi connectivity index (χ0) is 15.1. The summed E-state index contributed by atoms with van der Waals surface area (Å²) in [5.41, 5.74) is 0. The van der Waals surface area contributed by atoms with Crippen molar-refractivity contribution in [3.63, 3.8) is 0 Å². The van der Waals surface area contributed by atoms with E-state index in [2.05, 4.69) is 15.3 Å². The topological polar surface area (TPSA) is 61.4 Å². The van der Waals surface area contributed by atoms with Gasteiger partial charge in [-0.3, -0.25) is 4.79 Å². The molecular formula is C13H22ClN5O. The summed E-state index contributed by atoms with van der Waals surface area (Å²) in [7, 11) is 1.80. The maximum absolute atomic E-state index is 12.1. The molecule has 1 aromatic rings. The van der Waals surface area contributed by atoms with Crippen LogP contribution in [-0.4, -0.2) is 54.0 Å². The molecule has 1 rings (SSSR count). The molecule has 0 aliphatic rings. The first-order valence-electron chi connectivity index (χ1n) is 6.78. The summed E-state index contributed by atoms with van der Waals surface area (Å²) in [6.07, 6.45) is 1.54. The van der Waals surface area contributed by atoms with Crippen LogP contribution in [0.2, 0.25) is 5.02 Å². The van der Waals surface area contributed by atoms with Gasteiger partial charge in [-0.1, -0.05) is 11.6 Å². The van der Waals surface area contributed by atoms with Crippen molar-refractivity contribution in [3.8, 4) is 0 Å². The SMILES string of the molecule is CCNc1ncc(Cl)c(N(C)CC(=O)N(CC)CC)n1. The van der Waals surface area contributed by atoms with Crippen LogP contribution in [0.5, 0.6) is 0 Å². The lowest BCUT2D eigenvalue weighted by Crippen LogP contribution is -2.39. The van der Waals surface area contributed by atoms with Gasteiger partial charge >= 0.3 is 0 Å². The van der Waals surface area contributed by atoms with Crippen molar-refractivity contribution in [1.82, 2.24) is 14.9 Å². The molecule has 6 nitrogen and oxygen atoms in total. The molecule has 0 fully saturated rings. The van der Waals surface area contributed by atoms with Gasteiger partial charge in [-0.2, -0.15) is 4.98 Å². The van der Waals surface area contributed by atoms with E-state index in [4.69, 9.17) is 11.6 Å². The highest BCUT2D eigenvalue weighted by Crippen LogP contribution is 2.22. The fraction of sp³-hybridized carbons (Fsp3) is 0.615. The Morgan fingerprint density at radius 2 is 2.00 bits per heavy atom. The summed E-state index contributed by atoms with van der Waals surface area (Å²) in [5, 5.41) is 3.46. The number of carbonyl (C=O) groups excluding carboxylic acids is 1. The third-order valence-electron chi connectivity index (χ3n) is 2.91. The molecule has 7 heteroatoms. The van der Waals surface area contributed by atoms with Gasteiger partial charge in [-0.15, -0.1) is 0 Å². The number of halogens is 1. The van der Waals surface area contributed by atoms with Gasteiger partial charge < -0.3 is 15.1 Å². The molecule has 0 unspecified atom stereocenters. The first kappa shape index (κ1) is 16.5. The average molecular weight is 300 g/mol. The van der Waals surface area contributed by atoms with Crippen LogP contribution in [0.3, 0.4) is 0 Å². The van der Waals surface area contributed by atoms with Crippen LogP contribution >= 0.6 is 11.6 Å². The fourth-order valence-electron chi connectivity index (χ4n) is 1.82. The smallest absolute Gasteiger partial charge is 0.242 e. The number of hydrogen-bond donors (Lipinski definition) is 1. The third kappa shape index (κ3) is 4.23. The third-order valence-corrected chi connectivity index (χ3v) is 3.18. The Bertz CT molecular complexity index is 450. The van der Waals surface area contributed by atoms with E-state index in [1.165, 1.54) is 0 Å². The molecule has 1 N–H and O–H groups in total. The molecule has 1 aromatic heterocycles. The Balaban J connectivity index is 2.83. The molecule has 0 bridgehead atoms. The quantitative estimate of drug-likeness (QED) is 0.833. The molecule has 112 valence electrons. The van der Waals surface area contributed by atoms with Crippen LogP contribution in [-0.2, 0) is 4.79 Å². The first-order valence-corrected chi connectivity index (χ1v) is 7.16. The van der Waals surface area contributed by atoms with Crippen LogP contribution < -0.4 is 10.2 Å². The van der Waals surface area contributed by atoms with Crippen molar-refractivity contribution in [1.29, 1.82) is 0 Å². The number of nitrogens with one attached hydrogen (secondary N) is 1. The van der Waals surface area contributed by atoms with E-state index in [0.29, 0.717) is 29.9 Å². The van der Waals surface area contributed by atoms with E-state index in [9.17, 15) is 4.79 Å². The van der Waals surface area contributed by atoms with Crippen LogP contribution in [0.15, 0.2) is 6.20 Å². The van der Waals surface area contributed by atoms with Crippen molar-refractivity contribution in [3.05, 3.63) is 11.2 Å². The fourth-order valence-corrected chi connectivity index (χ4v) is 2.06. The number of amides is 1. The molecule has 0 saturated carbocycles. The van der Waals surface area contributed by atoms with E-state index in [1.807, 2.05) is 20.8 Å². The predicted octanol–water partition coefficient (Wildman–Crippen LogP) is 1.87. The van der Waals surface area contributed by atoms with Crippen molar-refractivity contribution in [2.24, 2.45) is 0 Å². The van der Waals surface area contributed by atoms with Gasteiger partial charge in [0.1, 0.15) is 5.02 Å². The molecule has 0 aliphatic carbocycles. The number of nitrogens with zero attached hydrogens (tertiary/aromatic N) is 4. The highest BCUT2D eigenvalue weighted by molar-refractivity contribution is 6.32. The van der Waals surface area contributed by atoms with E-state index < -0.39 is 0 Å². The lowest BCUT2D eigenvalue weighted by atomic mass is 10.4. The van der Waals surface area contributed by atoms with Crippen LogP contribution in [0.1, 0.15) is 20.8 Å². The summed E-state index contributed by atoms with van der Waals surface area (Å²) >= 11 is 6.10. The van der Waals surface area contributed by atoms with Gasteiger partial charge in [0.2, 0.25) is 11.9 Å². The predicted molar refractivity (Wildman–Crippen MR) is 82.4 cm³/mol.